The molecular formula is C30H54O8Sn. The van der Waals surface area contributed by atoms with Gasteiger partial charge in [-0.3, -0.25) is 0 Å². The third-order valence-electron chi connectivity index (χ3n) is 6.79. The van der Waals surface area contributed by atoms with Crippen LogP contribution >= 0.6 is 0 Å². The van der Waals surface area contributed by atoms with Crippen LogP contribution in [0, 0.1) is 23.7 Å². The average molecular weight is 661 g/mol. The molecule has 0 saturated heterocycles. The Bertz CT molecular complexity index is 574. The molecule has 0 aliphatic rings. The van der Waals surface area contributed by atoms with Gasteiger partial charge in [-0.15, -0.1) is 0 Å². The number of carboxylic acid groups (broad SMARTS) is 4. The van der Waals surface area contributed by atoms with Gasteiger partial charge in [0.2, 0.25) is 0 Å². The molecule has 9 heteroatoms. The fourth-order valence-corrected chi connectivity index (χ4v) is 9.34. The van der Waals surface area contributed by atoms with Gasteiger partial charge in [0.15, 0.2) is 0 Å². The van der Waals surface area contributed by atoms with Crippen molar-refractivity contribution in [3.05, 3.63) is 0 Å². The molecule has 8 nitrogen and oxygen atoms in total. The van der Waals surface area contributed by atoms with Crippen molar-refractivity contribution in [2.75, 3.05) is 0 Å². The Kier molecular flexibility index (Phi) is 32.1. The van der Waals surface area contributed by atoms with Crippen LogP contribution in [-0.2, 0) is 19.2 Å². The Morgan fingerprint density at radius 2 is 0.897 bits per heavy atom. The number of rotatable bonds is 22. The van der Waals surface area contributed by atoms with Crippen LogP contribution in [0.5, 0.6) is 0 Å². The number of unbranched alkanes of at least 4 members (excludes halogenated alkanes) is 2. The topological polar surface area (TPSA) is 161 Å². The predicted octanol–water partition coefficient (Wildman–Crippen LogP) is 2.55. The van der Waals surface area contributed by atoms with E-state index in [1.165, 1.54) is 65.2 Å². The average Bonchev–Trinajstić information content (AvgIpc) is 2.87. The fraction of sp³-hybridized carbons (Fsp3) is 0.867. The molecule has 0 aliphatic carbocycles. The number of hydrogen-bond donors (Lipinski definition) is 0. The van der Waals surface area contributed by atoms with Crippen molar-refractivity contribution in [2.24, 2.45) is 23.7 Å². The molecule has 0 rings (SSSR count). The summed E-state index contributed by atoms with van der Waals surface area (Å²) in [6.07, 6.45) is 12.7. The van der Waals surface area contributed by atoms with Gasteiger partial charge < -0.3 is 39.6 Å². The van der Waals surface area contributed by atoms with E-state index in [1.807, 2.05) is 0 Å². The van der Waals surface area contributed by atoms with E-state index < -0.39 is 35.7 Å². The van der Waals surface area contributed by atoms with Gasteiger partial charge in [0.25, 0.3) is 0 Å². The van der Waals surface area contributed by atoms with E-state index in [-0.39, 0.29) is 34.0 Å². The van der Waals surface area contributed by atoms with Crippen LogP contribution in [0.1, 0.15) is 131 Å². The molecule has 226 valence electrons. The van der Waals surface area contributed by atoms with Crippen molar-refractivity contribution >= 4 is 45.0 Å². The summed E-state index contributed by atoms with van der Waals surface area (Å²) in [4.78, 5) is 40.0. The van der Waals surface area contributed by atoms with Crippen LogP contribution in [0.2, 0.25) is 8.87 Å². The maximum atomic E-state index is 10.1. The number of hydrogen-bond acceptors (Lipinski definition) is 8. The van der Waals surface area contributed by atoms with Gasteiger partial charge in [-0.1, -0.05) is 13.8 Å². The van der Waals surface area contributed by atoms with E-state index in [1.54, 1.807) is 8.87 Å². The Hall–Kier alpha value is -1.32. The van der Waals surface area contributed by atoms with Gasteiger partial charge in [-0.2, -0.15) is 0 Å². The molecule has 6 radical (unpaired) electrons. The summed E-state index contributed by atoms with van der Waals surface area (Å²) in [5, 5.41) is 40.0. The summed E-state index contributed by atoms with van der Waals surface area (Å²) in [5.74, 6) is -3.53. The van der Waals surface area contributed by atoms with E-state index in [4.69, 9.17) is 0 Å². The molecule has 0 aromatic carbocycles. The molecule has 0 N–H and O–H groups in total. The second-order valence-corrected chi connectivity index (χ2v) is 14.2. The predicted molar refractivity (Wildman–Crippen MR) is 148 cm³/mol. The van der Waals surface area contributed by atoms with Crippen molar-refractivity contribution in [1.29, 1.82) is 0 Å². The fourth-order valence-electron chi connectivity index (χ4n) is 3.72. The molecule has 39 heavy (non-hydrogen) atoms. The van der Waals surface area contributed by atoms with Crippen molar-refractivity contribution in [1.82, 2.24) is 0 Å². The SMILES string of the molecule is CC(CCCC(=O)[O-])C(=O)[O-].CC(CCCC(=O)[O-])C(=O)[O-].CCCCC(CC)[CH2][Sn+4][CH2]C(CC)CCCC. The molecule has 0 aromatic heterocycles. The van der Waals surface area contributed by atoms with E-state index >= 15 is 0 Å². The molecule has 0 spiro atoms. The third-order valence-corrected chi connectivity index (χ3v) is 11.7. The van der Waals surface area contributed by atoms with Gasteiger partial charge in [0.1, 0.15) is 0 Å². The minimum atomic E-state index is -1.14. The van der Waals surface area contributed by atoms with Crippen LogP contribution in [-0.4, -0.2) is 45.0 Å². The molecule has 4 atom stereocenters. The standard InChI is InChI=1S/2C8H17.2C7H12O4.Sn/c2*1-4-6-7-8(3)5-2;2*1-5(7(10)11)3-2-4-6(8)9;/h2*8H,3-7H2,1-2H3;2*5H,2-4H2,1H3,(H,8,9)(H,10,11);/q;;;;+4/p-4. The van der Waals surface area contributed by atoms with Gasteiger partial charge in [-0.05, 0) is 50.4 Å². The summed E-state index contributed by atoms with van der Waals surface area (Å²) in [6, 6.07) is 0. The second kappa shape index (κ2) is 29.7. The molecule has 0 heterocycles. The Balaban J connectivity index is -0.000000519. The zero-order valence-electron chi connectivity index (χ0n) is 25.4. The van der Waals surface area contributed by atoms with E-state index in [0.29, 0.717) is 25.7 Å². The van der Waals surface area contributed by atoms with Crippen LogP contribution in [0.25, 0.3) is 0 Å². The molecule has 0 fully saturated rings. The van der Waals surface area contributed by atoms with Crippen LogP contribution in [0.4, 0.5) is 0 Å². The maximum absolute atomic E-state index is 10.1. The van der Waals surface area contributed by atoms with E-state index in [9.17, 15) is 39.6 Å². The zero-order chi connectivity index (χ0) is 30.6. The van der Waals surface area contributed by atoms with Gasteiger partial charge in [-0.25, -0.2) is 0 Å². The second-order valence-electron chi connectivity index (χ2n) is 10.5. The van der Waals surface area contributed by atoms with Crippen LogP contribution in [0.3, 0.4) is 0 Å². The zero-order valence-corrected chi connectivity index (χ0v) is 28.2. The van der Waals surface area contributed by atoms with Gasteiger partial charge in [0.05, 0.1) is 0 Å². The third kappa shape index (κ3) is 32.8. The van der Waals surface area contributed by atoms with Crippen LogP contribution in [0.15, 0.2) is 0 Å². The number of carbonyl (C=O) groups is 4. The molecule has 0 amide bonds. The number of carbonyl (C=O) groups excluding carboxylic acids is 4. The molecule has 0 aliphatic heterocycles. The minimum absolute atomic E-state index is 0.0388. The first-order chi connectivity index (χ1) is 18.4. The molecule has 4 unspecified atom stereocenters. The summed E-state index contributed by atoms with van der Waals surface area (Å²) in [6.45, 7) is 12.4. The van der Waals surface area contributed by atoms with E-state index in [2.05, 4.69) is 27.7 Å². The van der Waals surface area contributed by atoms with Crippen molar-refractivity contribution in [3.8, 4) is 0 Å². The molecule has 0 bridgehead atoms. The first-order valence-electron chi connectivity index (χ1n) is 14.9. The molecule has 0 aromatic rings. The Morgan fingerprint density at radius 1 is 0.564 bits per heavy atom. The first-order valence-corrected chi connectivity index (χ1v) is 18.9. The van der Waals surface area contributed by atoms with E-state index in [0.717, 1.165) is 11.8 Å². The molecular weight excluding hydrogens is 607 g/mol. The van der Waals surface area contributed by atoms with Crippen LogP contribution < -0.4 is 20.4 Å². The molecule has 0 saturated carbocycles. The van der Waals surface area contributed by atoms with Crippen molar-refractivity contribution in [2.45, 2.75) is 140 Å². The van der Waals surface area contributed by atoms with Crippen molar-refractivity contribution in [3.63, 3.8) is 0 Å². The van der Waals surface area contributed by atoms with Crippen molar-refractivity contribution < 1.29 is 39.6 Å². The first kappa shape index (κ1) is 42.2. The van der Waals surface area contributed by atoms with Gasteiger partial charge >= 0.3 is 121 Å². The van der Waals surface area contributed by atoms with Gasteiger partial charge in [0, 0.05) is 23.9 Å². The summed E-state index contributed by atoms with van der Waals surface area (Å²) in [5.41, 5.74) is 0. The summed E-state index contributed by atoms with van der Waals surface area (Å²) >= 11 is -0.0388. The number of carboxylic acids is 4. The summed E-state index contributed by atoms with van der Waals surface area (Å²) < 4.78 is 3.31. The summed E-state index contributed by atoms with van der Waals surface area (Å²) in [7, 11) is 0. The number of aliphatic carboxylic acids is 4. The Morgan fingerprint density at radius 3 is 1.13 bits per heavy atom. The normalized spacial score (nSPS) is 13.5. The quantitative estimate of drug-likeness (QED) is 0.160. The monoisotopic (exact) mass is 662 g/mol. The Labute approximate surface area is 248 Å².